The summed E-state index contributed by atoms with van der Waals surface area (Å²) in [6, 6.07) is 0. The highest BCUT2D eigenvalue weighted by Gasteiger charge is 2.20. The topological polar surface area (TPSA) is 83.8 Å². The number of nitrogens with one attached hydrogen (secondary N) is 1. The summed E-state index contributed by atoms with van der Waals surface area (Å²) in [5, 5.41) is 16.5. The van der Waals surface area contributed by atoms with Crippen LogP contribution in [0.4, 0.5) is 11.5 Å². The van der Waals surface area contributed by atoms with Crippen molar-refractivity contribution in [2.45, 2.75) is 0 Å². The molecule has 5 nitrogen and oxygen atoms in total. The molecule has 0 saturated heterocycles. The Morgan fingerprint density at radius 2 is 2.00 bits per heavy atom. The molecular formula is C5H6Cl2N3O2+. The van der Waals surface area contributed by atoms with Crippen LogP contribution in [0.25, 0.3) is 0 Å². The molecule has 1 heterocycles. The minimum Gasteiger partial charge on any atom is -0.378 e. The fraction of sp³-hybridized carbons (Fsp3) is 0. The summed E-state index contributed by atoms with van der Waals surface area (Å²) in [6.07, 6.45) is 1.23. The molecule has 1 aromatic heterocycles. The minimum absolute atomic E-state index is 0.0239. The Hall–Kier alpha value is -0.590. The molecule has 1 rings (SSSR count). The van der Waals surface area contributed by atoms with Crippen LogP contribution in [0.3, 0.4) is 0 Å². The Morgan fingerprint density at radius 1 is 1.42 bits per heavy atom. The van der Waals surface area contributed by atoms with E-state index in [0.29, 0.717) is 0 Å². The lowest BCUT2D eigenvalue weighted by Gasteiger charge is -2.05. The van der Waals surface area contributed by atoms with Crippen molar-refractivity contribution < 1.29 is 15.6 Å². The Labute approximate surface area is 77.9 Å². The third-order valence-corrected chi connectivity index (χ3v) is 2.00. The maximum atomic E-state index is 8.72. The van der Waals surface area contributed by atoms with Gasteiger partial charge in [0.15, 0.2) is 5.82 Å². The van der Waals surface area contributed by atoms with Crippen LogP contribution in [-0.2, 0) is 0 Å². The van der Waals surface area contributed by atoms with Gasteiger partial charge in [-0.1, -0.05) is 23.2 Å². The molecule has 12 heavy (non-hydrogen) atoms. The molecule has 0 radical (unpaired) electrons. The van der Waals surface area contributed by atoms with Crippen LogP contribution in [0.2, 0.25) is 10.0 Å². The number of anilines is 1. The Morgan fingerprint density at radius 3 is 2.42 bits per heavy atom. The maximum absolute atomic E-state index is 8.72. The van der Waals surface area contributed by atoms with Crippen molar-refractivity contribution in [2.24, 2.45) is 0 Å². The van der Waals surface area contributed by atoms with Gasteiger partial charge in [-0.15, -0.1) is 0 Å². The highest BCUT2D eigenvalue weighted by atomic mass is 35.5. The maximum Gasteiger partial charge on any atom is 0.259 e. The third kappa shape index (κ3) is 1.60. The number of rotatable bonds is 1. The SMILES string of the molecule is Nc1ncc(Cl)c(Cl)c1[NH+](O)O. The standard InChI is InChI=1S/C5H5Cl2N3O2/c6-2-1-9-5(8)4(3(2)7)10(11)12/h1,11-12H,(H2,8,9)/p+1. The van der Waals surface area contributed by atoms with Crippen molar-refractivity contribution in [3.63, 3.8) is 0 Å². The van der Waals surface area contributed by atoms with Crippen molar-refractivity contribution in [3.05, 3.63) is 16.2 Å². The molecule has 0 amide bonds. The molecule has 0 fully saturated rings. The van der Waals surface area contributed by atoms with Crippen molar-refractivity contribution >= 4 is 34.7 Å². The number of nitrogens with two attached hydrogens (primary N) is 1. The number of hydrogen-bond donors (Lipinski definition) is 4. The first-order valence-electron chi connectivity index (χ1n) is 2.88. The fourth-order valence-corrected chi connectivity index (χ4v) is 1.07. The molecule has 0 aliphatic heterocycles. The van der Waals surface area contributed by atoms with Gasteiger partial charge in [0.2, 0.25) is 0 Å². The second-order valence-electron chi connectivity index (χ2n) is 2.00. The van der Waals surface area contributed by atoms with Gasteiger partial charge in [0.05, 0.1) is 5.02 Å². The number of quaternary nitrogens is 1. The fourth-order valence-electron chi connectivity index (χ4n) is 0.692. The molecule has 5 N–H and O–H groups in total. The average molecular weight is 211 g/mol. The zero-order valence-corrected chi connectivity index (χ0v) is 7.26. The Balaban J connectivity index is 3.33. The first-order chi connectivity index (χ1) is 5.54. The first kappa shape index (κ1) is 9.50. The normalized spacial score (nSPS) is 10.8. The van der Waals surface area contributed by atoms with Crippen molar-refractivity contribution in [1.29, 1.82) is 0 Å². The molecule has 1 aromatic rings. The van der Waals surface area contributed by atoms with Gasteiger partial charge in [0.25, 0.3) is 5.69 Å². The summed E-state index contributed by atoms with van der Waals surface area (Å²) in [6.45, 7) is 0. The molecule has 7 heteroatoms. The van der Waals surface area contributed by atoms with Gasteiger partial charge in [-0.05, 0) is 5.23 Å². The Kier molecular flexibility index (Phi) is 2.71. The van der Waals surface area contributed by atoms with Crippen LogP contribution in [0.1, 0.15) is 0 Å². The predicted molar refractivity (Wildman–Crippen MR) is 42.9 cm³/mol. The second kappa shape index (κ2) is 3.42. The summed E-state index contributed by atoms with van der Waals surface area (Å²) in [5.74, 6) is -0.0793. The van der Waals surface area contributed by atoms with Crippen LogP contribution in [0.5, 0.6) is 0 Å². The number of hydrogen-bond acceptors (Lipinski definition) is 4. The molecule has 0 unspecified atom stereocenters. The number of aromatic nitrogens is 1. The number of nitrogen functional groups attached to an aromatic ring is 1. The minimum atomic E-state index is -0.993. The van der Waals surface area contributed by atoms with Gasteiger partial charge < -0.3 is 5.73 Å². The van der Waals surface area contributed by atoms with Crippen molar-refractivity contribution in [2.75, 3.05) is 5.73 Å². The van der Waals surface area contributed by atoms with E-state index < -0.39 is 5.23 Å². The summed E-state index contributed by atoms with van der Waals surface area (Å²) >= 11 is 11.1. The highest BCUT2D eigenvalue weighted by Crippen LogP contribution is 2.29. The Bertz CT molecular complexity index is 305. The lowest BCUT2D eigenvalue weighted by atomic mass is 10.4. The predicted octanol–water partition coefficient (Wildman–Crippen LogP) is 0.265. The quantitative estimate of drug-likeness (QED) is 0.502. The zero-order chi connectivity index (χ0) is 9.30. The molecule has 66 valence electrons. The molecule has 0 bridgehead atoms. The molecule has 0 aliphatic carbocycles. The van der Waals surface area contributed by atoms with E-state index in [2.05, 4.69) is 4.98 Å². The molecule has 0 saturated carbocycles. The zero-order valence-electron chi connectivity index (χ0n) is 5.75. The summed E-state index contributed by atoms with van der Waals surface area (Å²) in [5.41, 5.74) is 5.15. The molecule has 0 aromatic carbocycles. The molecular weight excluding hydrogens is 205 g/mol. The van der Waals surface area contributed by atoms with E-state index in [0.717, 1.165) is 0 Å². The van der Waals surface area contributed by atoms with E-state index in [1.165, 1.54) is 6.20 Å². The van der Waals surface area contributed by atoms with Crippen LogP contribution in [-0.4, -0.2) is 15.4 Å². The summed E-state index contributed by atoms with van der Waals surface area (Å²) in [4.78, 5) is 3.58. The van der Waals surface area contributed by atoms with Gasteiger partial charge in [0, 0.05) is 6.20 Å². The van der Waals surface area contributed by atoms with E-state index in [-0.39, 0.29) is 21.6 Å². The van der Waals surface area contributed by atoms with Gasteiger partial charge >= 0.3 is 0 Å². The molecule has 0 spiro atoms. The summed E-state index contributed by atoms with van der Waals surface area (Å²) < 4.78 is 0. The highest BCUT2D eigenvalue weighted by molar-refractivity contribution is 6.43. The van der Waals surface area contributed by atoms with Crippen LogP contribution < -0.4 is 11.0 Å². The monoisotopic (exact) mass is 210 g/mol. The second-order valence-corrected chi connectivity index (χ2v) is 2.79. The van der Waals surface area contributed by atoms with E-state index in [9.17, 15) is 0 Å². The smallest absolute Gasteiger partial charge is 0.259 e. The molecule has 0 aliphatic rings. The van der Waals surface area contributed by atoms with Gasteiger partial charge in [0.1, 0.15) is 5.02 Å². The number of halogens is 2. The average Bonchev–Trinajstić information content (AvgIpc) is 1.97. The van der Waals surface area contributed by atoms with Crippen LogP contribution in [0.15, 0.2) is 6.20 Å². The first-order valence-corrected chi connectivity index (χ1v) is 3.64. The van der Waals surface area contributed by atoms with Crippen molar-refractivity contribution in [3.8, 4) is 0 Å². The van der Waals surface area contributed by atoms with Gasteiger partial charge in [-0.25, -0.2) is 4.98 Å². The van der Waals surface area contributed by atoms with E-state index in [1.54, 1.807) is 0 Å². The van der Waals surface area contributed by atoms with E-state index >= 15 is 0 Å². The van der Waals surface area contributed by atoms with E-state index in [1.807, 2.05) is 0 Å². The van der Waals surface area contributed by atoms with Crippen LogP contribution >= 0.6 is 23.2 Å². The summed E-state index contributed by atoms with van der Waals surface area (Å²) in [7, 11) is 0. The third-order valence-electron chi connectivity index (χ3n) is 1.23. The van der Waals surface area contributed by atoms with Gasteiger partial charge in [-0.3, -0.25) is 0 Å². The number of pyridine rings is 1. The van der Waals surface area contributed by atoms with Gasteiger partial charge in [-0.2, -0.15) is 10.4 Å². The number of nitrogens with zero attached hydrogens (tertiary/aromatic N) is 1. The van der Waals surface area contributed by atoms with Crippen molar-refractivity contribution in [1.82, 2.24) is 4.98 Å². The largest absolute Gasteiger partial charge is 0.378 e. The van der Waals surface area contributed by atoms with E-state index in [4.69, 9.17) is 39.4 Å². The van der Waals surface area contributed by atoms with Crippen LogP contribution in [0, 0.1) is 0 Å². The molecule has 0 atom stereocenters. The lowest BCUT2D eigenvalue weighted by molar-refractivity contribution is -1.19. The lowest BCUT2D eigenvalue weighted by Crippen LogP contribution is -3.02.